The van der Waals surface area contributed by atoms with Crippen LogP contribution in [-0.4, -0.2) is 56.5 Å². The summed E-state index contributed by atoms with van der Waals surface area (Å²) >= 11 is 0. The minimum Gasteiger partial charge on any atom is -0.493 e. The third-order valence-electron chi connectivity index (χ3n) is 6.75. The third-order valence-corrected chi connectivity index (χ3v) is 6.75. The van der Waals surface area contributed by atoms with E-state index in [1.807, 2.05) is 35.3 Å². The zero-order valence-corrected chi connectivity index (χ0v) is 21.2. The first-order valence-corrected chi connectivity index (χ1v) is 12.9. The van der Waals surface area contributed by atoms with Crippen LogP contribution in [0.2, 0.25) is 0 Å². The monoisotopic (exact) mass is 478 g/mol. The third kappa shape index (κ3) is 6.68. The first-order chi connectivity index (χ1) is 17.1. The molecule has 1 aliphatic carbocycles. The molecule has 2 aliphatic rings. The molecule has 1 aliphatic heterocycles. The lowest BCUT2D eigenvalue weighted by atomic mass is 10.0. The molecule has 4 rings (SSSR count). The highest BCUT2D eigenvalue weighted by Crippen LogP contribution is 2.33. The maximum atomic E-state index is 13.1. The number of methoxy groups -OCH3 is 1. The average Bonchev–Trinajstić information content (AvgIpc) is 3.73. The highest BCUT2D eigenvalue weighted by molar-refractivity contribution is 5.95. The highest BCUT2D eigenvalue weighted by atomic mass is 16.5. The predicted molar refractivity (Wildman–Crippen MR) is 142 cm³/mol. The van der Waals surface area contributed by atoms with Crippen molar-refractivity contribution in [1.29, 1.82) is 0 Å². The van der Waals surface area contributed by atoms with Crippen molar-refractivity contribution in [1.82, 2.24) is 5.01 Å². The number of carbonyl (C=O) groups is 1. The molecule has 1 amide bonds. The van der Waals surface area contributed by atoms with Gasteiger partial charge in [-0.05, 0) is 99.9 Å². The second-order valence-corrected chi connectivity index (χ2v) is 9.29. The Labute approximate surface area is 209 Å². The first-order valence-electron chi connectivity index (χ1n) is 12.9. The number of hydrazone groups is 1. The van der Waals surface area contributed by atoms with Crippen LogP contribution in [0.3, 0.4) is 0 Å². The number of nitrogens with zero attached hydrogens (tertiary/aromatic N) is 3. The maximum absolute atomic E-state index is 13.1. The Balaban J connectivity index is 1.39. The van der Waals surface area contributed by atoms with E-state index in [9.17, 15) is 4.79 Å². The number of hydrogen-bond acceptors (Lipinski definition) is 6. The summed E-state index contributed by atoms with van der Waals surface area (Å²) in [5.74, 6) is 2.14. The van der Waals surface area contributed by atoms with Gasteiger partial charge in [-0.25, -0.2) is 0 Å². The van der Waals surface area contributed by atoms with Crippen molar-refractivity contribution in [2.75, 3.05) is 43.6 Å². The number of rotatable bonds is 11. The van der Waals surface area contributed by atoms with E-state index in [0.717, 1.165) is 68.2 Å². The molecule has 7 nitrogen and oxygen atoms in total. The zero-order valence-electron chi connectivity index (χ0n) is 21.2. The van der Waals surface area contributed by atoms with E-state index < -0.39 is 0 Å². The number of piperidine rings is 1. The van der Waals surface area contributed by atoms with Gasteiger partial charge in [-0.15, -0.1) is 0 Å². The molecule has 1 heterocycles. The molecule has 1 saturated heterocycles. The van der Waals surface area contributed by atoms with E-state index in [0.29, 0.717) is 11.7 Å². The van der Waals surface area contributed by atoms with Gasteiger partial charge in [-0.1, -0.05) is 0 Å². The quantitative estimate of drug-likeness (QED) is 0.452. The van der Waals surface area contributed by atoms with Crippen LogP contribution in [0.1, 0.15) is 51.5 Å². The van der Waals surface area contributed by atoms with Crippen molar-refractivity contribution in [2.45, 2.75) is 52.0 Å². The molecule has 1 unspecified atom stereocenters. The number of nitrogens with one attached hydrogen (secondary N) is 1. The Morgan fingerprint density at radius 2 is 1.86 bits per heavy atom. The topological polar surface area (TPSA) is 66.4 Å². The number of amides is 1. The highest BCUT2D eigenvalue weighted by Gasteiger charge is 2.28. The summed E-state index contributed by atoms with van der Waals surface area (Å²) in [6.45, 7) is 7.70. The van der Waals surface area contributed by atoms with Crippen molar-refractivity contribution in [3.05, 3.63) is 48.0 Å². The Morgan fingerprint density at radius 3 is 2.54 bits per heavy atom. The standard InChI is InChI=1S/C28H38N4O3/c1-4-31(5-2)24-14-12-23(13-15-24)30-28(33)25-8-6-7-17-32(25)29-19-22-11-16-26(27(18-22)34-3)35-20-21-9-10-21/h11-16,18-19,21,25H,4-10,17,20H2,1-3H3,(H,30,33)/b29-19+. The summed E-state index contributed by atoms with van der Waals surface area (Å²) in [5, 5.41) is 9.69. The number of carbonyl (C=O) groups excluding carboxylic acids is 1. The predicted octanol–water partition coefficient (Wildman–Crippen LogP) is 5.16. The lowest BCUT2D eigenvalue weighted by Gasteiger charge is -2.32. The number of benzene rings is 2. The first kappa shape index (κ1) is 24.9. The van der Waals surface area contributed by atoms with E-state index in [1.165, 1.54) is 12.8 Å². The normalized spacial score (nSPS) is 17.9. The molecule has 1 atom stereocenters. The van der Waals surface area contributed by atoms with Crippen molar-refractivity contribution in [3.8, 4) is 11.5 Å². The van der Waals surface area contributed by atoms with Crippen molar-refractivity contribution >= 4 is 23.5 Å². The van der Waals surface area contributed by atoms with Crippen LogP contribution in [0.15, 0.2) is 47.6 Å². The molecule has 1 N–H and O–H groups in total. The summed E-state index contributed by atoms with van der Waals surface area (Å²) < 4.78 is 11.4. The summed E-state index contributed by atoms with van der Waals surface area (Å²) in [4.78, 5) is 15.4. The fourth-order valence-corrected chi connectivity index (χ4v) is 4.41. The zero-order chi connectivity index (χ0) is 24.6. The lowest BCUT2D eigenvalue weighted by Crippen LogP contribution is -2.44. The van der Waals surface area contributed by atoms with Crippen LogP contribution in [-0.2, 0) is 4.79 Å². The summed E-state index contributed by atoms with van der Waals surface area (Å²) in [7, 11) is 1.65. The van der Waals surface area contributed by atoms with E-state index in [-0.39, 0.29) is 11.9 Å². The smallest absolute Gasteiger partial charge is 0.248 e. The van der Waals surface area contributed by atoms with E-state index in [2.05, 4.69) is 36.2 Å². The van der Waals surface area contributed by atoms with Crippen molar-refractivity contribution in [3.63, 3.8) is 0 Å². The van der Waals surface area contributed by atoms with Gasteiger partial charge in [0, 0.05) is 31.0 Å². The molecule has 1 saturated carbocycles. The molecule has 0 spiro atoms. The maximum Gasteiger partial charge on any atom is 0.248 e. The van der Waals surface area contributed by atoms with E-state index in [1.54, 1.807) is 13.3 Å². The van der Waals surface area contributed by atoms with Gasteiger partial charge in [-0.2, -0.15) is 5.10 Å². The van der Waals surface area contributed by atoms with Crippen LogP contribution < -0.4 is 19.7 Å². The Bertz CT molecular complexity index is 1000. The van der Waals surface area contributed by atoms with Gasteiger partial charge in [0.05, 0.1) is 19.9 Å². The van der Waals surface area contributed by atoms with Crippen LogP contribution in [0.5, 0.6) is 11.5 Å². The Kier molecular flexibility index (Phi) is 8.50. The fraction of sp³-hybridized carbons (Fsp3) is 0.500. The lowest BCUT2D eigenvalue weighted by molar-refractivity contribution is -0.122. The fourth-order valence-electron chi connectivity index (χ4n) is 4.41. The van der Waals surface area contributed by atoms with Crippen LogP contribution in [0.25, 0.3) is 0 Å². The second-order valence-electron chi connectivity index (χ2n) is 9.29. The average molecular weight is 479 g/mol. The van der Waals surface area contributed by atoms with Crippen LogP contribution >= 0.6 is 0 Å². The van der Waals surface area contributed by atoms with Gasteiger partial charge >= 0.3 is 0 Å². The minimum absolute atomic E-state index is 0.0150. The molecule has 2 aromatic rings. The van der Waals surface area contributed by atoms with Gasteiger partial charge in [0.25, 0.3) is 0 Å². The van der Waals surface area contributed by atoms with E-state index >= 15 is 0 Å². The van der Waals surface area contributed by atoms with Crippen LogP contribution in [0.4, 0.5) is 11.4 Å². The summed E-state index contributed by atoms with van der Waals surface area (Å²) in [6.07, 6.45) is 7.14. The number of hydrogen-bond donors (Lipinski definition) is 1. The van der Waals surface area contributed by atoms with Gasteiger partial charge in [0.15, 0.2) is 11.5 Å². The van der Waals surface area contributed by atoms with Crippen molar-refractivity contribution in [2.24, 2.45) is 11.0 Å². The molecule has 0 bridgehead atoms. The Hall–Kier alpha value is -3.22. The molecule has 2 aromatic carbocycles. The second kappa shape index (κ2) is 12.0. The summed E-state index contributed by atoms with van der Waals surface area (Å²) in [6, 6.07) is 13.6. The van der Waals surface area contributed by atoms with E-state index in [4.69, 9.17) is 14.6 Å². The SMILES string of the molecule is CCN(CC)c1ccc(NC(=O)C2CCCCN2/N=C/c2ccc(OCC3CC3)c(OC)c2)cc1. The van der Waals surface area contributed by atoms with Crippen molar-refractivity contribution < 1.29 is 14.3 Å². The summed E-state index contributed by atoms with van der Waals surface area (Å²) in [5.41, 5.74) is 2.89. The molecule has 0 aromatic heterocycles. The Morgan fingerprint density at radius 1 is 1.09 bits per heavy atom. The number of anilines is 2. The van der Waals surface area contributed by atoms with Gasteiger partial charge in [0.1, 0.15) is 6.04 Å². The van der Waals surface area contributed by atoms with Gasteiger partial charge in [0.2, 0.25) is 5.91 Å². The number of ether oxygens (including phenoxy) is 2. The van der Waals surface area contributed by atoms with Gasteiger partial charge in [-0.3, -0.25) is 9.80 Å². The molecule has 2 fully saturated rings. The molecular weight excluding hydrogens is 440 g/mol. The largest absolute Gasteiger partial charge is 0.493 e. The molecular formula is C28H38N4O3. The molecule has 7 heteroatoms. The van der Waals surface area contributed by atoms with Crippen LogP contribution in [0, 0.1) is 5.92 Å². The minimum atomic E-state index is -0.287. The molecule has 35 heavy (non-hydrogen) atoms. The molecule has 0 radical (unpaired) electrons. The van der Waals surface area contributed by atoms with Gasteiger partial charge < -0.3 is 19.7 Å². The molecule has 188 valence electrons.